The molecule has 0 spiro atoms. The average Bonchev–Trinajstić information content (AvgIpc) is 3.29. The van der Waals surface area contributed by atoms with E-state index in [2.05, 4.69) is 13.0 Å². The van der Waals surface area contributed by atoms with Crippen LogP contribution in [0, 0.1) is 28.6 Å². The highest BCUT2D eigenvalue weighted by Crippen LogP contribution is 2.72. The zero-order valence-electron chi connectivity index (χ0n) is 17.2. The number of carbonyl (C=O) groups excluding carboxylic acids is 3. The van der Waals surface area contributed by atoms with E-state index < -0.39 is 11.0 Å². The first-order valence-electron chi connectivity index (χ1n) is 10.7. The molecule has 8 unspecified atom stereocenters. The summed E-state index contributed by atoms with van der Waals surface area (Å²) in [4.78, 5) is 37.3. The van der Waals surface area contributed by atoms with Crippen LogP contribution in [0.5, 0.6) is 0 Å². The van der Waals surface area contributed by atoms with E-state index in [1.165, 1.54) is 12.5 Å². The molecule has 0 aromatic heterocycles. The van der Waals surface area contributed by atoms with Gasteiger partial charge >= 0.3 is 5.97 Å². The molecule has 5 nitrogen and oxygen atoms in total. The van der Waals surface area contributed by atoms with Crippen molar-refractivity contribution < 1.29 is 23.9 Å². The summed E-state index contributed by atoms with van der Waals surface area (Å²) in [6.07, 6.45) is 7.16. The van der Waals surface area contributed by atoms with Gasteiger partial charge in [0.2, 0.25) is 0 Å². The molecule has 5 aliphatic rings. The van der Waals surface area contributed by atoms with Crippen molar-refractivity contribution in [2.24, 2.45) is 28.6 Å². The van der Waals surface area contributed by atoms with E-state index in [4.69, 9.17) is 9.47 Å². The molecule has 1 aliphatic heterocycles. The number of hydrogen-bond acceptors (Lipinski definition) is 5. The van der Waals surface area contributed by atoms with E-state index in [1.807, 2.05) is 6.92 Å². The lowest BCUT2D eigenvalue weighted by molar-refractivity contribution is -0.158. The minimum absolute atomic E-state index is 0.00637. The largest absolute Gasteiger partial charge is 0.458 e. The molecule has 28 heavy (non-hydrogen) atoms. The van der Waals surface area contributed by atoms with Crippen LogP contribution >= 0.6 is 0 Å². The Hall–Kier alpha value is -1.49. The minimum Gasteiger partial charge on any atom is -0.458 e. The van der Waals surface area contributed by atoms with E-state index in [0.29, 0.717) is 18.3 Å². The molecule has 5 heteroatoms. The SMILES string of the molecule is CC(=O)OC1C=C2CCC3C(CC(=O)C4(C)C3CC3OC34C(C)=O)C2(C)CC1. The zero-order valence-corrected chi connectivity index (χ0v) is 17.2. The van der Waals surface area contributed by atoms with Gasteiger partial charge in [0.05, 0.1) is 11.5 Å². The fraction of sp³-hybridized carbons (Fsp3) is 0.783. The summed E-state index contributed by atoms with van der Waals surface area (Å²) in [7, 11) is 0. The molecule has 0 radical (unpaired) electrons. The molecule has 4 fully saturated rings. The van der Waals surface area contributed by atoms with E-state index in [9.17, 15) is 14.4 Å². The summed E-state index contributed by atoms with van der Waals surface area (Å²) >= 11 is 0. The van der Waals surface area contributed by atoms with Crippen LogP contribution in [0.2, 0.25) is 0 Å². The number of carbonyl (C=O) groups is 3. The molecule has 0 amide bonds. The molecule has 8 atom stereocenters. The predicted octanol–water partition coefficient (Wildman–Crippen LogP) is 3.40. The smallest absolute Gasteiger partial charge is 0.303 e. The van der Waals surface area contributed by atoms with Crippen LogP contribution in [-0.2, 0) is 23.9 Å². The molecule has 0 aromatic carbocycles. The van der Waals surface area contributed by atoms with Crippen molar-refractivity contribution in [1.82, 2.24) is 0 Å². The molecule has 0 bridgehead atoms. The third-order valence-corrected chi connectivity index (χ3v) is 9.20. The fourth-order valence-corrected chi connectivity index (χ4v) is 7.76. The predicted molar refractivity (Wildman–Crippen MR) is 101 cm³/mol. The van der Waals surface area contributed by atoms with Gasteiger partial charge in [-0.3, -0.25) is 14.4 Å². The van der Waals surface area contributed by atoms with Crippen molar-refractivity contribution in [2.45, 2.75) is 84.0 Å². The van der Waals surface area contributed by atoms with Crippen molar-refractivity contribution >= 4 is 17.5 Å². The summed E-state index contributed by atoms with van der Waals surface area (Å²) < 4.78 is 11.3. The van der Waals surface area contributed by atoms with Gasteiger partial charge in [0.1, 0.15) is 11.9 Å². The molecule has 1 saturated heterocycles. The number of rotatable bonds is 2. The average molecular weight is 386 g/mol. The highest BCUT2D eigenvalue weighted by atomic mass is 16.6. The Morgan fingerprint density at radius 2 is 1.93 bits per heavy atom. The molecule has 152 valence electrons. The number of allylic oxidation sites excluding steroid dienone is 1. The second-order valence-corrected chi connectivity index (χ2v) is 10.2. The molecule has 0 N–H and O–H groups in total. The standard InChI is InChI=1S/C23H30O5/c1-12(24)23-20(28-23)11-18-16-6-5-14-9-15(27-13(2)25)7-8-21(14,3)17(16)10-19(26)22(18,23)4/h9,15-18,20H,5-8,10-11H2,1-4H3. The fourth-order valence-electron chi connectivity index (χ4n) is 7.76. The zero-order chi connectivity index (χ0) is 20.1. The minimum atomic E-state index is -0.844. The Morgan fingerprint density at radius 1 is 1.18 bits per heavy atom. The van der Waals surface area contributed by atoms with E-state index in [-0.39, 0.29) is 41.1 Å². The van der Waals surface area contributed by atoms with Gasteiger partial charge in [0.25, 0.3) is 0 Å². The number of fused-ring (bicyclic) bond motifs is 7. The third kappa shape index (κ3) is 2.04. The third-order valence-electron chi connectivity index (χ3n) is 9.20. The molecule has 0 aromatic rings. The van der Waals surface area contributed by atoms with Gasteiger partial charge < -0.3 is 9.47 Å². The van der Waals surface area contributed by atoms with Crippen molar-refractivity contribution in [1.29, 1.82) is 0 Å². The molecule has 4 aliphatic carbocycles. The van der Waals surface area contributed by atoms with Crippen LogP contribution in [-0.4, -0.2) is 35.3 Å². The quantitative estimate of drug-likeness (QED) is 0.413. The van der Waals surface area contributed by atoms with Crippen molar-refractivity contribution in [3.05, 3.63) is 11.6 Å². The van der Waals surface area contributed by atoms with E-state index >= 15 is 0 Å². The Balaban J connectivity index is 1.48. The van der Waals surface area contributed by atoms with Gasteiger partial charge in [-0.15, -0.1) is 0 Å². The molecule has 5 rings (SSSR count). The van der Waals surface area contributed by atoms with Crippen LogP contribution < -0.4 is 0 Å². The number of Topliss-reactive ketones (excluding diaryl/α,β-unsaturated/α-hetero) is 2. The Morgan fingerprint density at radius 3 is 2.61 bits per heavy atom. The summed E-state index contributed by atoms with van der Waals surface area (Å²) in [6.45, 7) is 7.37. The van der Waals surface area contributed by atoms with Crippen LogP contribution in [0.1, 0.15) is 66.2 Å². The summed E-state index contributed by atoms with van der Waals surface area (Å²) in [6, 6.07) is 0. The topological polar surface area (TPSA) is 73.0 Å². The van der Waals surface area contributed by atoms with Gasteiger partial charge in [0.15, 0.2) is 11.4 Å². The number of esters is 1. The summed E-state index contributed by atoms with van der Waals surface area (Å²) in [5.41, 5.74) is -0.141. The second kappa shape index (κ2) is 5.56. The van der Waals surface area contributed by atoms with Crippen LogP contribution in [0.15, 0.2) is 11.6 Å². The first-order chi connectivity index (χ1) is 13.1. The van der Waals surface area contributed by atoms with Crippen LogP contribution in [0.3, 0.4) is 0 Å². The first kappa shape index (κ1) is 18.5. The van der Waals surface area contributed by atoms with Gasteiger partial charge in [0, 0.05) is 13.3 Å². The number of epoxide rings is 1. The van der Waals surface area contributed by atoms with Crippen LogP contribution in [0.4, 0.5) is 0 Å². The van der Waals surface area contributed by atoms with E-state index in [1.54, 1.807) is 6.92 Å². The van der Waals surface area contributed by atoms with Crippen molar-refractivity contribution in [3.8, 4) is 0 Å². The maximum Gasteiger partial charge on any atom is 0.303 e. The lowest BCUT2D eigenvalue weighted by atomic mass is 9.46. The monoisotopic (exact) mass is 386 g/mol. The number of ether oxygens (including phenoxy) is 2. The lowest BCUT2D eigenvalue weighted by Gasteiger charge is -2.58. The van der Waals surface area contributed by atoms with Crippen LogP contribution in [0.25, 0.3) is 0 Å². The maximum atomic E-state index is 13.5. The van der Waals surface area contributed by atoms with E-state index in [0.717, 1.165) is 32.1 Å². The van der Waals surface area contributed by atoms with Gasteiger partial charge in [-0.05, 0) is 75.2 Å². The molecular weight excluding hydrogens is 356 g/mol. The van der Waals surface area contributed by atoms with Crippen molar-refractivity contribution in [3.63, 3.8) is 0 Å². The van der Waals surface area contributed by atoms with Gasteiger partial charge in [-0.25, -0.2) is 0 Å². The number of ketones is 2. The highest BCUT2D eigenvalue weighted by Gasteiger charge is 2.82. The maximum absolute atomic E-state index is 13.5. The first-order valence-corrected chi connectivity index (χ1v) is 10.7. The van der Waals surface area contributed by atoms with Gasteiger partial charge in [-0.1, -0.05) is 12.5 Å². The Kier molecular flexibility index (Phi) is 3.68. The summed E-state index contributed by atoms with van der Waals surface area (Å²) in [5, 5.41) is 0. The normalized spacial score (nSPS) is 51.2. The molecule has 3 saturated carbocycles. The lowest BCUT2D eigenvalue weighted by Crippen LogP contribution is -2.59. The number of hydrogen-bond donors (Lipinski definition) is 0. The van der Waals surface area contributed by atoms with Crippen molar-refractivity contribution in [2.75, 3.05) is 0 Å². The second-order valence-electron chi connectivity index (χ2n) is 10.2. The molecular formula is C23H30O5. The Bertz CT molecular complexity index is 814. The Labute approximate surface area is 166 Å². The van der Waals surface area contributed by atoms with Gasteiger partial charge in [-0.2, -0.15) is 0 Å². The highest BCUT2D eigenvalue weighted by molar-refractivity contribution is 6.00. The summed E-state index contributed by atoms with van der Waals surface area (Å²) in [5.74, 6) is 1.03. The molecule has 1 heterocycles.